The van der Waals surface area contributed by atoms with Crippen molar-refractivity contribution >= 4 is 17.6 Å². The minimum absolute atomic E-state index is 0.0100. The third-order valence-electron chi connectivity index (χ3n) is 3.49. The Morgan fingerprint density at radius 3 is 2.74 bits per heavy atom. The lowest BCUT2D eigenvalue weighted by Crippen LogP contribution is -2.39. The normalized spacial score (nSPS) is 14.5. The van der Waals surface area contributed by atoms with Crippen LogP contribution in [0.3, 0.4) is 0 Å². The minimum Gasteiger partial charge on any atom is -0.468 e. The van der Waals surface area contributed by atoms with E-state index in [-0.39, 0.29) is 12.5 Å². The van der Waals surface area contributed by atoms with Gasteiger partial charge in [-0.25, -0.2) is 0 Å². The van der Waals surface area contributed by atoms with Crippen LogP contribution in [-0.2, 0) is 20.7 Å². The summed E-state index contributed by atoms with van der Waals surface area (Å²) in [6.07, 6.45) is 1.19. The SMILES string of the molecule is COC(=O)CN1C(=O)CCc2ccc(C(C)C)cc21. The number of hydrogen-bond acceptors (Lipinski definition) is 3. The molecule has 0 fully saturated rings. The summed E-state index contributed by atoms with van der Waals surface area (Å²) in [6.45, 7) is 4.21. The Morgan fingerprint density at radius 2 is 2.11 bits per heavy atom. The molecule has 19 heavy (non-hydrogen) atoms. The van der Waals surface area contributed by atoms with Gasteiger partial charge in [-0.05, 0) is 29.5 Å². The molecule has 0 aromatic heterocycles. The molecular weight excluding hydrogens is 242 g/mol. The molecule has 0 spiro atoms. The maximum absolute atomic E-state index is 12.0. The number of hydrogen-bond donors (Lipinski definition) is 0. The van der Waals surface area contributed by atoms with E-state index >= 15 is 0 Å². The Hall–Kier alpha value is -1.84. The van der Waals surface area contributed by atoms with Crippen molar-refractivity contribution in [1.29, 1.82) is 0 Å². The first kappa shape index (κ1) is 13.6. The van der Waals surface area contributed by atoms with Crippen LogP contribution in [-0.4, -0.2) is 25.5 Å². The van der Waals surface area contributed by atoms with Gasteiger partial charge in [-0.15, -0.1) is 0 Å². The maximum Gasteiger partial charge on any atom is 0.325 e. The van der Waals surface area contributed by atoms with Crippen LogP contribution in [0, 0.1) is 0 Å². The van der Waals surface area contributed by atoms with Crippen molar-refractivity contribution in [2.75, 3.05) is 18.6 Å². The van der Waals surface area contributed by atoms with E-state index in [2.05, 4.69) is 30.7 Å². The average Bonchev–Trinajstić information content (AvgIpc) is 2.41. The molecule has 102 valence electrons. The van der Waals surface area contributed by atoms with Crippen LogP contribution in [0.4, 0.5) is 5.69 Å². The molecule has 1 aromatic carbocycles. The number of benzene rings is 1. The number of esters is 1. The highest BCUT2D eigenvalue weighted by atomic mass is 16.5. The summed E-state index contributed by atoms with van der Waals surface area (Å²) in [6, 6.07) is 6.16. The lowest BCUT2D eigenvalue weighted by Gasteiger charge is -2.29. The predicted molar refractivity (Wildman–Crippen MR) is 73.2 cm³/mol. The molecule has 1 heterocycles. The van der Waals surface area contributed by atoms with Crippen LogP contribution in [0.15, 0.2) is 18.2 Å². The van der Waals surface area contributed by atoms with Crippen molar-refractivity contribution < 1.29 is 14.3 Å². The van der Waals surface area contributed by atoms with Crippen LogP contribution in [0.25, 0.3) is 0 Å². The Labute approximate surface area is 113 Å². The highest BCUT2D eigenvalue weighted by Crippen LogP contribution is 2.31. The summed E-state index contributed by atoms with van der Waals surface area (Å²) in [4.78, 5) is 25.0. The fraction of sp³-hybridized carbons (Fsp3) is 0.467. The summed E-state index contributed by atoms with van der Waals surface area (Å²) in [5.41, 5.74) is 3.14. The van der Waals surface area contributed by atoms with E-state index in [0.29, 0.717) is 12.3 Å². The van der Waals surface area contributed by atoms with Gasteiger partial charge in [0.15, 0.2) is 0 Å². The number of methoxy groups -OCH3 is 1. The molecule has 1 amide bonds. The van der Waals surface area contributed by atoms with Gasteiger partial charge in [0.1, 0.15) is 6.54 Å². The molecule has 4 nitrogen and oxygen atoms in total. The van der Waals surface area contributed by atoms with E-state index in [9.17, 15) is 9.59 Å². The summed E-state index contributed by atoms with van der Waals surface area (Å²) >= 11 is 0. The zero-order valence-electron chi connectivity index (χ0n) is 11.6. The molecule has 1 aliphatic heterocycles. The quantitative estimate of drug-likeness (QED) is 0.784. The minimum atomic E-state index is -0.392. The van der Waals surface area contributed by atoms with Crippen LogP contribution < -0.4 is 4.90 Å². The van der Waals surface area contributed by atoms with Gasteiger partial charge in [0.05, 0.1) is 7.11 Å². The van der Waals surface area contributed by atoms with Gasteiger partial charge >= 0.3 is 5.97 Å². The molecule has 0 aliphatic carbocycles. The fourth-order valence-corrected chi connectivity index (χ4v) is 2.28. The Kier molecular flexibility index (Phi) is 3.88. The average molecular weight is 261 g/mol. The third kappa shape index (κ3) is 2.78. The summed E-state index contributed by atoms with van der Waals surface area (Å²) in [5, 5.41) is 0. The molecule has 0 unspecified atom stereocenters. The second-order valence-corrected chi connectivity index (χ2v) is 5.10. The number of amides is 1. The van der Waals surface area contributed by atoms with E-state index < -0.39 is 5.97 Å². The molecule has 0 bridgehead atoms. The number of aryl methyl sites for hydroxylation is 1. The Morgan fingerprint density at radius 1 is 1.37 bits per heavy atom. The van der Waals surface area contributed by atoms with E-state index in [1.807, 2.05) is 6.07 Å². The van der Waals surface area contributed by atoms with Crippen molar-refractivity contribution in [1.82, 2.24) is 0 Å². The van der Waals surface area contributed by atoms with Crippen LogP contribution in [0.2, 0.25) is 0 Å². The first-order valence-electron chi connectivity index (χ1n) is 6.53. The Bertz CT molecular complexity index is 508. The van der Waals surface area contributed by atoms with Gasteiger partial charge < -0.3 is 9.64 Å². The van der Waals surface area contributed by atoms with Crippen molar-refractivity contribution in [3.05, 3.63) is 29.3 Å². The van der Waals surface area contributed by atoms with Crippen LogP contribution in [0.5, 0.6) is 0 Å². The molecular formula is C15H19NO3. The largest absolute Gasteiger partial charge is 0.468 e. The van der Waals surface area contributed by atoms with Gasteiger partial charge in [-0.3, -0.25) is 9.59 Å². The number of nitrogens with zero attached hydrogens (tertiary/aromatic N) is 1. The molecule has 0 radical (unpaired) electrons. The van der Waals surface area contributed by atoms with Crippen LogP contribution >= 0.6 is 0 Å². The second-order valence-electron chi connectivity index (χ2n) is 5.10. The summed E-state index contributed by atoms with van der Waals surface area (Å²) in [7, 11) is 1.34. The van der Waals surface area contributed by atoms with E-state index in [0.717, 1.165) is 17.7 Å². The number of ether oxygens (including phenoxy) is 1. The molecule has 1 aliphatic rings. The van der Waals surface area contributed by atoms with Crippen molar-refractivity contribution in [2.45, 2.75) is 32.6 Å². The number of carbonyl (C=O) groups is 2. The van der Waals surface area contributed by atoms with E-state index in [1.54, 1.807) is 0 Å². The molecule has 1 aromatic rings. The molecule has 0 N–H and O–H groups in total. The van der Waals surface area contributed by atoms with Gasteiger partial charge in [0.25, 0.3) is 0 Å². The molecule has 2 rings (SSSR count). The zero-order chi connectivity index (χ0) is 14.0. The van der Waals surface area contributed by atoms with Crippen molar-refractivity contribution in [3.8, 4) is 0 Å². The number of rotatable bonds is 3. The standard InChI is InChI=1S/C15H19NO3/c1-10(2)12-5-4-11-6-7-14(17)16(13(11)8-12)9-15(18)19-3/h4-5,8,10H,6-7,9H2,1-3H3. The van der Waals surface area contributed by atoms with E-state index in [1.165, 1.54) is 17.6 Å². The monoisotopic (exact) mass is 261 g/mol. The lowest BCUT2D eigenvalue weighted by molar-refractivity contribution is -0.140. The highest BCUT2D eigenvalue weighted by Gasteiger charge is 2.26. The maximum atomic E-state index is 12.0. The number of fused-ring (bicyclic) bond motifs is 1. The molecule has 4 heteroatoms. The van der Waals surface area contributed by atoms with Crippen LogP contribution in [0.1, 0.15) is 37.3 Å². The second kappa shape index (κ2) is 5.43. The summed E-state index contributed by atoms with van der Waals surface area (Å²) < 4.78 is 4.66. The van der Waals surface area contributed by atoms with E-state index in [4.69, 9.17) is 0 Å². The van der Waals surface area contributed by atoms with Gasteiger partial charge in [-0.2, -0.15) is 0 Å². The Balaban J connectivity index is 2.38. The number of anilines is 1. The first-order valence-corrected chi connectivity index (χ1v) is 6.53. The van der Waals surface area contributed by atoms with Gasteiger partial charge in [-0.1, -0.05) is 26.0 Å². The smallest absolute Gasteiger partial charge is 0.325 e. The number of carbonyl (C=O) groups excluding carboxylic acids is 2. The first-order chi connectivity index (χ1) is 9.02. The zero-order valence-corrected chi connectivity index (χ0v) is 11.6. The van der Waals surface area contributed by atoms with Gasteiger partial charge in [0.2, 0.25) is 5.91 Å². The molecule has 0 saturated carbocycles. The van der Waals surface area contributed by atoms with Crippen molar-refractivity contribution in [3.63, 3.8) is 0 Å². The molecule has 0 saturated heterocycles. The van der Waals surface area contributed by atoms with Gasteiger partial charge in [0, 0.05) is 12.1 Å². The fourth-order valence-electron chi connectivity index (χ4n) is 2.28. The van der Waals surface area contributed by atoms with Crippen molar-refractivity contribution in [2.24, 2.45) is 0 Å². The highest BCUT2D eigenvalue weighted by molar-refractivity contribution is 6.00. The predicted octanol–water partition coefficient (Wildman–Crippen LogP) is 2.26. The molecule has 0 atom stereocenters. The summed E-state index contributed by atoms with van der Waals surface area (Å²) in [5.74, 6) is -0.0164. The topological polar surface area (TPSA) is 46.6 Å². The third-order valence-corrected chi connectivity index (χ3v) is 3.49. The lowest BCUT2D eigenvalue weighted by atomic mass is 9.95.